The Balaban J connectivity index is 2.65. The van der Waals surface area contributed by atoms with Crippen LogP contribution in [0.15, 0.2) is 0 Å². The molecule has 2 nitrogen and oxygen atoms in total. The smallest absolute Gasteiger partial charge is 0.380 e. The van der Waals surface area contributed by atoms with Gasteiger partial charge in [-0.3, -0.25) is 4.90 Å². The molecule has 1 fully saturated rings. The molecule has 0 radical (unpaired) electrons. The fourth-order valence-electron chi connectivity index (χ4n) is 1.99. The third-order valence-electron chi connectivity index (χ3n) is 3.84. The molecule has 0 aromatic carbocycles. The van der Waals surface area contributed by atoms with Gasteiger partial charge < -0.3 is 5.11 Å². The maximum atomic E-state index is 12.6. The largest absolute Gasteiger partial charge is 0.417 e. The molecule has 1 aliphatic heterocycles. The Morgan fingerprint density at radius 3 is 1.94 bits per heavy atom. The summed E-state index contributed by atoms with van der Waals surface area (Å²) in [7, 11) is 0. The first-order valence-electron chi connectivity index (χ1n) is 5.66. The van der Waals surface area contributed by atoms with Crippen molar-refractivity contribution in [3.8, 4) is 0 Å². The normalized spacial score (nSPS) is 23.4. The lowest BCUT2D eigenvalue weighted by atomic mass is 9.87. The van der Waals surface area contributed by atoms with E-state index in [0.29, 0.717) is 13.1 Å². The first-order valence-corrected chi connectivity index (χ1v) is 5.66. The van der Waals surface area contributed by atoms with E-state index in [4.69, 9.17) is 0 Å². The maximum Gasteiger partial charge on any atom is 0.417 e. The molecular weight excluding hydrogens is 219 g/mol. The highest BCUT2D eigenvalue weighted by Crippen LogP contribution is 2.39. The molecule has 0 aromatic rings. The zero-order valence-corrected chi connectivity index (χ0v) is 10.1. The van der Waals surface area contributed by atoms with Crippen LogP contribution in [0, 0.1) is 0 Å². The van der Waals surface area contributed by atoms with E-state index in [1.165, 1.54) is 0 Å². The maximum absolute atomic E-state index is 12.6. The Labute approximate surface area is 94.4 Å². The fourth-order valence-corrected chi connectivity index (χ4v) is 1.99. The highest BCUT2D eigenvalue weighted by Gasteiger charge is 2.55. The molecule has 1 heterocycles. The molecule has 16 heavy (non-hydrogen) atoms. The van der Waals surface area contributed by atoms with Crippen LogP contribution in [-0.4, -0.2) is 40.4 Å². The lowest BCUT2D eigenvalue weighted by Crippen LogP contribution is -2.57. The molecule has 0 unspecified atom stereocenters. The summed E-state index contributed by atoms with van der Waals surface area (Å²) in [6.45, 7) is 6.66. The molecule has 1 saturated heterocycles. The summed E-state index contributed by atoms with van der Waals surface area (Å²) in [4.78, 5) is 2.02. The van der Waals surface area contributed by atoms with Crippen LogP contribution < -0.4 is 0 Å². The van der Waals surface area contributed by atoms with Crippen LogP contribution >= 0.6 is 0 Å². The molecular formula is C11H20F3NO. The first-order chi connectivity index (χ1) is 7.12. The zero-order chi connectivity index (χ0) is 12.6. The fraction of sp³-hybridized carbons (Fsp3) is 1.00. The van der Waals surface area contributed by atoms with Gasteiger partial charge in [-0.05, 0) is 33.1 Å². The van der Waals surface area contributed by atoms with Gasteiger partial charge in [0.15, 0.2) is 5.60 Å². The van der Waals surface area contributed by atoms with Gasteiger partial charge in [0, 0.05) is 18.6 Å². The van der Waals surface area contributed by atoms with Crippen molar-refractivity contribution in [1.29, 1.82) is 0 Å². The van der Waals surface area contributed by atoms with Crippen molar-refractivity contribution in [2.24, 2.45) is 0 Å². The summed E-state index contributed by atoms with van der Waals surface area (Å²) in [6, 6.07) is 0. The lowest BCUT2D eigenvalue weighted by molar-refractivity contribution is -0.274. The van der Waals surface area contributed by atoms with Crippen LogP contribution in [0.3, 0.4) is 0 Å². The Morgan fingerprint density at radius 2 is 1.62 bits per heavy atom. The molecule has 5 heteroatoms. The number of likely N-dealkylation sites (tertiary alicyclic amines) is 1. The van der Waals surface area contributed by atoms with E-state index in [-0.39, 0.29) is 18.4 Å². The Bertz CT molecular complexity index is 242. The van der Waals surface area contributed by atoms with E-state index in [0.717, 1.165) is 6.42 Å². The van der Waals surface area contributed by atoms with Crippen molar-refractivity contribution >= 4 is 0 Å². The minimum atomic E-state index is -4.50. The van der Waals surface area contributed by atoms with Crippen molar-refractivity contribution in [2.45, 2.75) is 57.3 Å². The van der Waals surface area contributed by atoms with Gasteiger partial charge in [-0.1, -0.05) is 6.92 Å². The third-order valence-corrected chi connectivity index (χ3v) is 3.84. The number of piperidine rings is 1. The van der Waals surface area contributed by atoms with E-state index >= 15 is 0 Å². The molecule has 1 aliphatic rings. The monoisotopic (exact) mass is 239 g/mol. The van der Waals surface area contributed by atoms with Crippen LogP contribution in [0.4, 0.5) is 13.2 Å². The number of aliphatic hydroxyl groups is 1. The van der Waals surface area contributed by atoms with Gasteiger partial charge in [-0.2, -0.15) is 13.2 Å². The molecule has 0 aliphatic carbocycles. The molecule has 1 N–H and O–H groups in total. The predicted octanol–water partition coefficient (Wildman–Crippen LogP) is 2.56. The highest BCUT2D eigenvalue weighted by molar-refractivity contribution is 4.95. The molecule has 0 amide bonds. The van der Waals surface area contributed by atoms with Crippen LogP contribution in [0.2, 0.25) is 0 Å². The second-order valence-electron chi connectivity index (χ2n) is 5.18. The van der Waals surface area contributed by atoms with E-state index in [1.54, 1.807) is 0 Å². The molecule has 0 aromatic heterocycles. The second-order valence-corrected chi connectivity index (χ2v) is 5.18. The molecule has 0 saturated carbocycles. The summed E-state index contributed by atoms with van der Waals surface area (Å²) in [5.74, 6) is 0. The number of rotatable bonds is 2. The minimum absolute atomic E-state index is 0.0903. The summed E-state index contributed by atoms with van der Waals surface area (Å²) in [5, 5.41) is 9.51. The average Bonchev–Trinajstić information content (AvgIpc) is 2.17. The van der Waals surface area contributed by atoms with Crippen LogP contribution in [0.1, 0.15) is 40.0 Å². The SMILES string of the molecule is CCC(C)(C)N1CCC(O)(C(F)(F)F)CC1. The van der Waals surface area contributed by atoms with Gasteiger partial charge in [0.2, 0.25) is 0 Å². The molecule has 96 valence electrons. The topological polar surface area (TPSA) is 23.5 Å². The average molecular weight is 239 g/mol. The van der Waals surface area contributed by atoms with E-state index < -0.39 is 11.8 Å². The van der Waals surface area contributed by atoms with Crippen molar-refractivity contribution in [3.05, 3.63) is 0 Å². The van der Waals surface area contributed by atoms with Crippen LogP contribution in [0.25, 0.3) is 0 Å². The van der Waals surface area contributed by atoms with Crippen LogP contribution in [0.5, 0.6) is 0 Å². The van der Waals surface area contributed by atoms with Crippen molar-refractivity contribution in [2.75, 3.05) is 13.1 Å². The molecule has 0 bridgehead atoms. The third kappa shape index (κ3) is 2.51. The minimum Gasteiger partial charge on any atom is -0.380 e. The summed E-state index contributed by atoms with van der Waals surface area (Å²) >= 11 is 0. The van der Waals surface area contributed by atoms with Crippen molar-refractivity contribution < 1.29 is 18.3 Å². The highest BCUT2D eigenvalue weighted by atomic mass is 19.4. The number of alkyl halides is 3. The van der Waals surface area contributed by atoms with E-state index in [2.05, 4.69) is 0 Å². The zero-order valence-electron chi connectivity index (χ0n) is 10.1. The van der Waals surface area contributed by atoms with Gasteiger partial charge in [-0.25, -0.2) is 0 Å². The Morgan fingerprint density at radius 1 is 1.19 bits per heavy atom. The van der Waals surface area contributed by atoms with Crippen LogP contribution in [-0.2, 0) is 0 Å². The predicted molar refractivity (Wildman–Crippen MR) is 56.2 cm³/mol. The summed E-state index contributed by atoms with van der Waals surface area (Å²) in [6.07, 6.45) is -4.06. The Hall–Kier alpha value is -0.290. The molecule has 1 rings (SSSR count). The van der Waals surface area contributed by atoms with Gasteiger partial charge in [0.05, 0.1) is 0 Å². The van der Waals surface area contributed by atoms with Gasteiger partial charge >= 0.3 is 6.18 Å². The molecule has 0 spiro atoms. The quantitative estimate of drug-likeness (QED) is 0.800. The van der Waals surface area contributed by atoms with Crippen molar-refractivity contribution in [3.63, 3.8) is 0 Å². The Kier molecular flexibility index (Phi) is 3.60. The summed E-state index contributed by atoms with van der Waals surface area (Å²) in [5.41, 5.74) is -2.57. The van der Waals surface area contributed by atoms with Crippen molar-refractivity contribution in [1.82, 2.24) is 4.90 Å². The van der Waals surface area contributed by atoms with E-state index in [1.807, 2.05) is 25.7 Å². The second kappa shape index (κ2) is 4.18. The molecule has 0 atom stereocenters. The van der Waals surface area contributed by atoms with Gasteiger partial charge in [-0.15, -0.1) is 0 Å². The number of hydrogen-bond acceptors (Lipinski definition) is 2. The number of halogens is 3. The number of hydrogen-bond donors (Lipinski definition) is 1. The van der Waals surface area contributed by atoms with E-state index in [9.17, 15) is 18.3 Å². The van der Waals surface area contributed by atoms with Gasteiger partial charge in [0.25, 0.3) is 0 Å². The van der Waals surface area contributed by atoms with Gasteiger partial charge in [0.1, 0.15) is 0 Å². The standard InChI is InChI=1S/C11H20F3NO/c1-4-9(2,3)15-7-5-10(16,6-8-15)11(12,13)14/h16H,4-8H2,1-3H3. The first kappa shape index (κ1) is 13.8. The summed E-state index contributed by atoms with van der Waals surface area (Å²) < 4.78 is 37.7. The lowest BCUT2D eigenvalue weighted by Gasteiger charge is -2.45. The number of nitrogens with zero attached hydrogens (tertiary/aromatic N) is 1.